The Morgan fingerprint density at radius 1 is 1.05 bits per heavy atom. The van der Waals surface area contributed by atoms with E-state index in [-0.39, 0.29) is 0 Å². The molecule has 1 atom stereocenters. The number of aromatic nitrogens is 1. The van der Waals surface area contributed by atoms with Crippen LogP contribution in [0.1, 0.15) is 24.0 Å². The molecule has 1 aliphatic rings. The maximum absolute atomic E-state index is 4.10. The number of fused-ring (bicyclic) bond motifs is 1. The SMILES string of the molecule is c1cncc(NCCCN[C@@H]2CCc3ccccc3C2)c1. The number of nitrogens with zero attached hydrogens (tertiary/aromatic N) is 1. The largest absolute Gasteiger partial charge is 0.384 e. The molecule has 21 heavy (non-hydrogen) atoms. The van der Waals surface area contributed by atoms with E-state index >= 15 is 0 Å². The molecule has 1 aromatic heterocycles. The maximum Gasteiger partial charge on any atom is 0.0526 e. The van der Waals surface area contributed by atoms with Crippen LogP contribution in [0, 0.1) is 0 Å². The lowest BCUT2D eigenvalue weighted by Gasteiger charge is -2.25. The molecule has 0 amide bonds. The highest BCUT2D eigenvalue weighted by atomic mass is 14.9. The van der Waals surface area contributed by atoms with Crippen LogP contribution in [-0.4, -0.2) is 24.1 Å². The van der Waals surface area contributed by atoms with E-state index < -0.39 is 0 Å². The Labute approximate surface area is 126 Å². The second kappa shape index (κ2) is 7.23. The molecule has 0 bridgehead atoms. The van der Waals surface area contributed by atoms with Crippen molar-refractivity contribution in [2.75, 3.05) is 18.4 Å². The molecule has 110 valence electrons. The lowest BCUT2D eigenvalue weighted by atomic mass is 9.88. The predicted octanol–water partition coefficient (Wildman–Crippen LogP) is 3.03. The van der Waals surface area contributed by atoms with Crippen LogP contribution < -0.4 is 10.6 Å². The van der Waals surface area contributed by atoms with Crippen molar-refractivity contribution < 1.29 is 0 Å². The molecule has 0 saturated heterocycles. The zero-order valence-electron chi connectivity index (χ0n) is 12.4. The third-order valence-corrected chi connectivity index (χ3v) is 4.12. The Balaban J connectivity index is 1.35. The fourth-order valence-electron chi connectivity index (χ4n) is 2.97. The summed E-state index contributed by atoms with van der Waals surface area (Å²) in [6.07, 6.45) is 8.44. The third-order valence-electron chi connectivity index (χ3n) is 4.12. The van der Waals surface area contributed by atoms with Gasteiger partial charge in [0.25, 0.3) is 0 Å². The zero-order valence-corrected chi connectivity index (χ0v) is 12.4. The van der Waals surface area contributed by atoms with Crippen molar-refractivity contribution in [3.05, 3.63) is 59.9 Å². The summed E-state index contributed by atoms with van der Waals surface area (Å²) in [6.45, 7) is 2.06. The molecular formula is C18H23N3. The predicted molar refractivity (Wildman–Crippen MR) is 87.6 cm³/mol. The van der Waals surface area contributed by atoms with Gasteiger partial charge in [-0.05, 0) is 55.5 Å². The summed E-state index contributed by atoms with van der Waals surface area (Å²) >= 11 is 0. The number of anilines is 1. The minimum atomic E-state index is 0.637. The van der Waals surface area contributed by atoms with Crippen LogP contribution in [0.4, 0.5) is 5.69 Å². The molecule has 0 radical (unpaired) electrons. The average molecular weight is 281 g/mol. The third kappa shape index (κ3) is 4.05. The van der Waals surface area contributed by atoms with Crippen molar-refractivity contribution in [3.8, 4) is 0 Å². The number of hydrogen-bond acceptors (Lipinski definition) is 3. The van der Waals surface area contributed by atoms with Gasteiger partial charge in [0.1, 0.15) is 0 Å². The number of pyridine rings is 1. The molecule has 3 nitrogen and oxygen atoms in total. The molecule has 0 unspecified atom stereocenters. The summed E-state index contributed by atoms with van der Waals surface area (Å²) < 4.78 is 0. The number of benzene rings is 1. The normalized spacial score (nSPS) is 17.2. The quantitative estimate of drug-likeness (QED) is 0.799. The first-order valence-electron chi connectivity index (χ1n) is 7.86. The fraction of sp³-hybridized carbons (Fsp3) is 0.389. The van der Waals surface area contributed by atoms with E-state index in [4.69, 9.17) is 0 Å². The first-order chi connectivity index (χ1) is 10.4. The van der Waals surface area contributed by atoms with Crippen LogP contribution in [0.2, 0.25) is 0 Å². The van der Waals surface area contributed by atoms with E-state index in [1.807, 2.05) is 12.3 Å². The molecule has 0 saturated carbocycles. The van der Waals surface area contributed by atoms with Gasteiger partial charge in [0.2, 0.25) is 0 Å². The highest BCUT2D eigenvalue weighted by Crippen LogP contribution is 2.20. The molecule has 3 heteroatoms. The summed E-state index contributed by atoms with van der Waals surface area (Å²) in [7, 11) is 0. The molecule has 2 aromatic rings. The van der Waals surface area contributed by atoms with Gasteiger partial charge in [-0.3, -0.25) is 4.98 Å². The summed E-state index contributed by atoms with van der Waals surface area (Å²) in [5.41, 5.74) is 4.16. The molecule has 1 heterocycles. The van der Waals surface area contributed by atoms with Gasteiger partial charge in [-0.15, -0.1) is 0 Å². The van der Waals surface area contributed by atoms with Gasteiger partial charge in [-0.2, -0.15) is 0 Å². The van der Waals surface area contributed by atoms with Crippen molar-refractivity contribution in [1.82, 2.24) is 10.3 Å². The van der Waals surface area contributed by atoms with Gasteiger partial charge >= 0.3 is 0 Å². The zero-order chi connectivity index (χ0) is 14.3. The van der Waals surface area contributed by atoms with Crippen molar-refractivity contribution in [2.24, 2.45) is 0 Å². The maximum atomic E-state index is 4.10. The van der Waals surface area contributed by atoms with Gasteiger partial charge in [-0.1, -0.05) is 24.3 Å². The standard InChI is InChI=1S/C18H23N3/c1-2-6-16-13-17(9-8-15(16)5-1)20-11-4-12-21-18-7-3-10-19-14-18/h1-3,5-7,10,14,17,20-21H,4,8-9,11-13H2/t17-/m1/s1. The van der Waals surface area contributed by atoms with Gasteiger partial charge in [-0.25, -0.2) is 0 Å². The summed E-state index contributed by atoms with van der Waals surface area (Å²) in [5, 5.41) is 7.09. The van der Waals surface area contributed by atoms with Crippen molar-refractivity contribution in [2.45, 2.75) is 31.7 Å². The Bertz CT molecular complexity index is 553. The number of hydrogen-bond donors (Lipinski definition) is 2. The molecule has 0 spiro atoms. The van der Waals surface area contributed by atoms with Gasteiger partial charge in [0, 0.05) is 25.0 Å². The minimum absolute atomic E-state index is 0.637. The van der Waals surface area contributed by atoms with Gasteiger partial charge in [0.05, 0.1) is 5.69 Å². The van der Waals surface area contributed by atoms with Crippen LogP contribution >= 0.6 is 0 Å². The summed E-state index contributed by atoms with van der Waals surface area (Å²) in [5.74, 6) is 0. The van der Waals surface area contributed by atoms with E-state index in [0.29, 0.717) is 6.04 Å². The Hall–Kier alpha value is -1.87. The van der Waals surface area contributed by atoms with Gasteiger partial charge in [0.15, 0.2) is 0 Å². The van der Waals surface area contributed by atoms with Crippen LogP contribution in [-0.2, 0) is 12.8 Å². The van der Waals surface area contributed by atoms with E-state index in [1.165, 1.54) is 30.4 Å². The van der Waals surface area contributed by atoms with E-state index in [1.54, 1.807) is 6.20 Å². The minimum Gasteiger partial charge on any atom is -0.384 e. The second-order valence-electron chi connectivity index (χ2n) is 5.68. The van der Waals surface area contributed by atoms with Crippen molar-refractivity contribution >= 4 is 5.69 Å². The van der Waals surface area contributed by atoms with Crippen LogP contribution in [0.5, 0.6) is 0 Å². The first-order valence-corrected chi connectivity index (χ1v) is 7.86. The molecule has 3 rings (SSSR count). The highest BCUT2D eigenvalue weighted by Gasteiger charge is 2.16. The summed E-state index contributed by atoms with van der Waals surface area (Å²) in [6, 6.07) is 13.5. The molecule has 0 fully saturated rings. The second-order valence-corrected chi connectivity index (χ2v) is 5.68. The molecular weight excluding hydrogens is 258 g/mol. The number of aryl methyl sites for hydroxylation is 1. The number of nitrogens with one attached hydrogen (secondary N) is 2. The topological polar surface area (TPSA) is 37.0 Å². The molecule has 2 N–H and O–H groups in total. The highest BCUT2D eigenvalue weighted by molar-refractivity contribution is 5.39. The van der Waals surface area contributed by atoms with E-state index in [0.717, 1.165) is 25.2 Å². The first kappa shape index (κ1) is 14.1. The van der Waals surface area contributed by atoms with E-state index in [2.05, 4.69) is 45.9 Å². The monoisotopic (exact) mass is 281 g/mol. The van der Waals surface area contributed by atoms with Gasteiger partial charge < -0.3 is 10.6 Å². The Morgan fingerprint density at radius 2 is 1.95 bits per heavy atom. The Morgan fingerprint density at radius 3 is 2.81 bits per heavy atom. The lowest BCUT2D eigenvalue weighted by Crippen LogP contribution is -2.35. The van der Waals surface area contributed by atoms with Crippen LogP contribution in [0.15, 0.2) is 48.8 Å². The van der Waals surface area contributed by atoms with E-state index in [9.17, 15) is 0 Å². The fourth-order valence-corrected chi connectivity index (χ4v) is 2.97. The van der Waals surface area contributed by atoms with Crippen LogP contribution in [0.3, 0.4) is 0 Å². The lowest BCUT2D eigenvalue weighted by molar-refractivity contribution is 0.457. The smallest absolute Gasteiger partial charge is 0.0526 e. The molecule has 1 aliphatic carbocycles. The molecule has 0 aliphatic heterocycles. The Kier molecular flexibility index (Phi) is 4.85. The average Bonchev–Trinajstić information content (AvgIpc) is 2.55. The summed E-state index contributed by atoms with van der Waals surface area (Å²) in [4.78, 5) is 4.10. The van der Waals surface area contributed by atoms with Crippen molar-refractivity contribution in [3.63, 3.8) is 0 Å². The van der Waals surface area contributed by atoms with Crippen LogP contribution in [0.25, 0.3) is 0 Å². The van der Waals surface area contributed by atoms with Crippen molar-refractivity contribution in [1.29, 1.82) is 0 Å². The molecule has 1 aromatic carbocycles. The number of rotatable bonds is 6.